The smallest absolute Gasteiger partial charge is 0.153 e. The molecule has 0 aromatic rings. The van der Waals surface area contributed by atoms with Crippen molar-refractivity contribution < 1.29 is 9.90 Å². The predicted molar refractivity (Wildman–Crippen MR) is 33.5 cm³/mol. The summed E-state index contributed by atoms with van der Waals surface area (Å²) in [5.74, 6) is -0.218. The Bertz CT molecular complexity index is 101. The van der Waals surface area contributed by atoms with Gasteiger partial charge in [-0.1, -0.05) is 0 Å². The van der Waals surface area contributed by atoms with E-state index in [2.05, 4.69) is 0 Å². The van der Waals surface area contributed by atoms with Crippen LogP contribution >= 0.6 is 0 Å². The van der Waals surface area contributed by atoms with Gasteiger partial charge in [-0.25, -0.2) is 0 Å². The van der Waals surface area contributed by atoms with Crippen molar-refractivity contribution in [3.8, 4) is 0 Å². The van der Waals surface area contributed by atoms with Gasteiger partial charge in [0.2, 0.25) is 0 Å². The summed E-state index contributed by atoms with van der Waals surface area (Å²) in [5.41, 5.74) is 10.1. The molecule has 0 aliphatic rings. The van der Waals surface area contributed by atoms with E-state index in [1.54, 1.807) is 6.92 Å². The van der Waals surface area contributed by atoms with Gasteiger partial charge in [0.05, 0.1) is 6.04 Å². The Morgan fingerprint density at radius 3 is 2.22 bits per heavy atom. The Balaban J connectivity index is 3.51. The fourth-order valence-corrected chi connectivity index (χ4v) is 0.392. The first-order chi connectivity index (χ1) is 4.04. The molecule has 54 valence electrons. The average Bonchev–Trinajstić information content (AvgIpc) is 1.63. The molecule has 0 fully saturated rings. The minimum atomic E-state index is -1.07. The van der Waals surface area contributed by atoms with Crippen molar-refractivity contribution in [1.29, 1.82) is 0 Å². The summed E-state index contributed by atoms with van der Waals surface area (Å²) in [4.78, 5) is 10.6. The second-order valence-electron chi connectivity index (χ2n) is 2.03. The topological polar surface area (TPSA) is 89.3 Å². The third-order valence-electron chi connectivity index (χ3n) is 0.918. The van der Waals surface area contributed by atoms with Gasteiger partial charge in [0.25, 0.3) is 0 Å². The number of aliphatic hydroxyl groups excluding tert-OH is 1. The van der Waals surface area contributed by atoms with E-state index in [9.17, 15) is 4.79 Å². The zero-order chi connectivity index (χ0) is 7.44. The molecule has 0 saturated carbocycles. The van der Waals surface area contributed by atoms with Crippen LogP contribution in [0.4, 0.5) is 0 Å². The predicted octanol–water partition coefficient (Wildman–Crippen LogP) is -1.43. The maximum absolute atomic E-state index is 10.6. The molecule has 0 aromatic heterocycles. The van der Waals surface area contributed by atoms with Crippen molar-refractivity contribution in [3.05, 3.63) is 0 Å². The number of carbonyl (C=O) groups excluding carboxylic acids is 1. The van der Waals surface area contributed by atoms with Crippen LogP contribution in [0.2, 0.25) is 0 Å². The van der Waals surface area contributed by atoms with Crippen molar-refractivity contribution in [2.45, 2.75) is 25.6 Å². The SMILES string of the molecule is CC(N)C(=O)CC(N)O. The van der Waals surface area contributed by atoms with E-state index in [1.807, 2.05) is 0 Å². The molecule has 0 heterocycles. The molecule has 2 unspecified atom stereocenters. The van der Waals surface area contributed by atoms with Gasteiger partial charge in [-0.2, -0.15) is 0 Å². The molecule has 2 atom stereocenters. The number of hydrogen-bond donors (Lipinski definition) is 3. The minimum Gasteiger partial charge on any atom is -0.378 e. The standard InChI is InChI=1S/C5H12N2O2/c1-3(6)4(8)2-5(7)9/h3,5,9H,2,6-7H2,1H3. The Hall–Kier alpha value is -0.450. The maximum Gasteiger partial charge on any atom is 0.153 e. The third kappa shape index (κ3) is 4.08. The van der Waals surface area contributed by atoms with Gasteiger partial charge in [-0.05, 0) is 6.92 Å². The Morgan fingerprint density at radius 2 is 2.11 bits per heavy atom. The van der Waals surface area contributed by atoms with Gasteiger partial charge in [-0.15, -0.1) is 0 Å². The highest BCUT2D eigenvalue weighted by atomic mass is 16.3. The highest BCUT2D eigenvalue weighted by Gasteiger charge is 2.09. The van der Waals surface area contributed by atoms with Crippen molar-refractivity contribution >= 4 is 5.78 Å². The van der Waals surface area contributed by atoms with Crippen LogP contribution in [0.1, 0.15) is 13.3 Å². The zero-order valence-corrected chi connectivity index (χ0v) is 5.37. The van der Waals surface area contributed by atoms with E-state index >= 15 is 0 Å². The van der Waals surface area contributed by atoms with E-state index in [-0.39, 0.29) is 12.2 Å². The molecule has 0 radical (unpaired) electrons. The van der Waals surface area contributed by atoms with Crippen molar-refractivity contribution in [1.82, 2.24) is 0 Å². The fraction of sp³-hybridized carbons (Fsp3) is 0.800. The molecular formula is C5H12N2O2. The lowest BCUT2D eigenvalue weighted by Crippen LogP contribution is -2.32. The minimum absolute atomic E-state index is 0.0579. The largest absolute Gasteiger partial charge is 0.378 e. The fourth-order valence-electron chi connectivity index (χ4n) is 0.392. The second-order valence-corrected chi connectivity index (χ2v) is 2.03. The summed E-state index contributed by atoms with van der Waals surface area (Å²) < 4.78 is 0. The Kier molecular flexibility index (Phi) is 3.37. The highest BCUT2D eigenvalue weighted by Crippen LogP contribution is 1.88. The number of ketones is 1. The summed E-state index contributed by atoms with van der Waals surface area (Å²) in [7, 11) is 0. The molecule has 0 aliphatic heterocycles. The maximum atomic E-state index is 10.6. The van der Waals surface area contributed by atoms with Crippen LogP contribution in [-0.2, 0) is 4.79 Å². The van der Waals surface area contributed by atoms with Crippen LogP contribution in [-0.4, -0.2) is 23.2 Å². The molecule has 5 N–H and O–H groups in total. The third-order valence-corrected chi connectivity index (χ3v) is 0.918. The molecule has 9 heavy (non-hydrogen) atoms. The zero-order valence-electron chi connectivity index (χ0n) is 5.37. The van der Waals surface area contributed by atoms with E-state index in [4.69, 9.17) is 16.6 Å². The van der Waals surface area contributed by atoms with Crippen LogP contribution in [0.3, 0.4) is 0 Å². The van der Waals surface area contributed by atoms with Gasteiger partial charge >= 0.3 is 0 Å². The van der Waals surface area contributed by atoms with Gasteiger partial charge in [-0.3, -0.25) is 4.79 Å². The normalized spacial score (nSPS) is 16.9. The first-order valence-corrected chi connectivity index (χ1v) is 2.76. The lowest BCUT2D eigenvalue weighted by molar-refractivity contribution is -0.121. The van der Waals surface area contributed by atoms with E-state index < -0.39 is 12.3 Å². The molecule has 0 spiro atoms. The summed E-state index contributed by atoms with van der Waals surface area (Å²) in [6, 6.07) is -0.525. The molecule has 0 bridgehead atoms. The van der Waals surface area contributed by atoms with Crippen molar-refractivity contribution in [2.24, 2.45) is 11.5 Å². The van der Waals surface area contributed by atoms with Crippen LogP contribution in [0.5, 0.6) is 0 Å². The summed E-state index contributed by atoms with van der Waals surface area (Å²) in [5, 5.41) is 8.47. The first kappa shape index (κ1) is 8.55. The molecule has 4 heteroatoms. The molecule has 0 aliphatic carbocycles. The lowest BCUT2D eigenvalue weighted by atomic mass is 10.1. The molecule has 0 rings (SSSR count). The Labute approximate surface area is 53.8 Å². The first-order valence-electron chi connectivity index (χ1n) is 2.76. The number of carbonyl (C=O) groups is 1. The number of rotatable bonds is 3. The quantitative estimate of drug-likeness (QED) is 0.411. The highest BCUT2D eigenvalue weighted by molar-refractivity contribution is 5.83. The van der Waals surface area contributed by atoms with E-state index in [0.717, 1.165) is 0 Å². The number of aliphatic hydroxyl groups is 1. The van der Waals surface area contributed by atoms with Crippen LogP contribution in [0.25, 0.3) is 0 Å². The van der Waals surface area contributed by atoms with E-state index in [0.29, 0.717) is 0 Å². The summed E-state index contributed by atoms with van der Waals surface area (Å²) in [6.45, 7) is 1.56. The molecule has 0 amide bonds. The van der Waals surface area contributed by atoms with Crippen LogP contribution in [0, 0.1) is 0 Å². The molecule has 4 nitrogen and oxygen atoms in total. The van der Waals surface area contributed by atoms with Crippen molar-refractivity contribution in [3.63, 3.8) is 0 Å². The van der Waals surface area contributed by atoms with Gasteiger partial charge < -0.3 is 16.6 Å². The van der Waals surface area contributed by atoms with Crippen molar-refractivity contribution in [2.75, 3.05) is 0 Å². The Morgan fingerprint density at radius 1 is 1.67 bits per heavy atom. The summed E-state index contributed by atoms with van der Waals surface area (Å²) in [6.07, 6.45) is -1.12. The molecule has 0 aromatic carbocycles. The molecular weight excluding hydrogens is 120 g/mol. The number of hydrogen-bond acceptors (Lipinski definition) is 4. The van der Waals surface area contributed by atoms with E-state index in [1.165, 1.54) is 0 Å². The lowest BCUT2D eigenvalue weighted by Gasteiger charge is -2.04. The van der Waals surface area contributed by atoms with Crippen LogP contribution < -0.4 is 11.5 Å². The summed E-state index contributed by atoms with van der Waals surface area (Å²) >= 11 is 0. The monoisotopic (exact) mass is 132 g/mol. The van der Waals surface area contributed by atoms with Crippen LogP contribution in [0.15, 0.2) is 0 Å². The van der Waals surface area contributed by atoms with Gasteiger partial charge in [0, 0.05) is 6.42 Å². The number of Topliss-reactive ketones (excluding diaryl/α,β-unsaturated/α-hetero) is 1. The second kappa shape index (κ2) is 3.55. The van der Waals surface area contributed by atoms with Gasteiger partial charge in [0.15, 0.2) is 5.78 Å². The average molecular weight is 132 g/mol. The molecule has 0 saturated heterocycles. The number of nitrogens with two attached hydrogens (primary N) is 2. The van der Waals surface area contributed by atoms with Gasteiger partial charge in [0.1, 0.15) is 6.23 Å².